The Bertz CT molecular complexity index is 464. The van der Waals surface area contributed by atoms with Gasteiger partial charge in [-0.3, -0.25) is 0 Å². The molecule has 0 unspecified atom stereocenters. The van der Waals surface area contributed by atoms with Crippen LogP contribution in [0.3, 0.4) is 0 Å². The van der Waals surface area contributed by atoms with Crippen LogP contribution in [0.1, 0.15) is 11.8 Å². The second-order valence-electron chi connectivity index (χ2n) is 3.40. The van der Waals surface area contributed by atoms with Gasteiger partial charge in [-0.25, -0.2) is 0 Å². The summed E-state index contributed by atoms with van der Waals surface area (Å²) >= 11 is 1.72. The Kier molecular flexibility index (Phi) is 3.59. The molecule has 0 amide bonds. The molecule has 0 fully saturated rings. The summed E-state index contributed by atoms with van der Waals surface area (Å²) in [5.74, 6) is 0.940. The highest BCUT2D eigenvalue weighted by Crippen LogP contribution is 2.34. The Morgan fingerprint density at radius 1 is 1.19 bits per heavy atom. The lowest BCUT2D eigenvalue weighted by molar-refractivity contribution is 0.341. The Morgan fingerprint density at radius 3 is 2.69 bits per heavy atom. The fourth-order valence-corrected chi connectivity index (χ4v) is 2.50. The predicted molar refractivity (Wildman–Crippen MR) is 68.8 cm³/mol. The fourth-order valence-electron chi connectivity index (χ4n) is 1.58. The van der Waals surface area contributed by atoms with Gasteiger partial charge in [-0.2, -0.15) is 0 Å². The molecular formula is C13H15NOS. The maximum atomic E-state index is 5.62. The van der Waals surface area contributed by atoms with E-state index in [-0.39, 0.29) is 0 Å². The Hall–Kier alpha value is -1.32. The largest absolute Gasteiger partial charge is 0.493 e. The van der Waals surface area contributed by atoms with E-state index in [2.05, 4.69) is 18.2 Å². The van der Waals surface area contributed by atoms with Crippen molar-refractivity contribution in [2.45, 2.75) is 13.5 Å². The van der Waals surface area contributed by atoms with Gasteiger partial charge in [-0.05, 0) is 31.2 Å². The normalized spacial score (nSPS) is 10.4. The topological polar surface area (TPSA) is 35.2 Å². The molecule has 1 aromatic heterocycles. The quantitative estimate of drug-likeness (QED) is 0.879. The maximum absolute atomic E-state index is 5.62. The average Bonchev–Trinajstić information content (AvgIpc) is 2.79. The van der Waals surface area contributed by atoms with Crippen LogP contribution in [-0.2, 0) is 6.54 Å². The molecule has 0 radical (unpaired) electrons. The van der Waals surface area contributed by atoms with Crippen molar-refractivity contribution in [3.05, 3.63) is 41.3 Å². The van der Waals surface area contributed by atoms with Crippen LogP contribution in [0, 0.1) is 0 Å². The lowest BCUT2D eigenvalue weighted by Gasteiger charge is -2.07. The van der Waals surface area contributed by atoms with E-state index in [0.29, 0.717) is 13.2 Å². The minimum atomic E-state index is 0.599. The van der Waals surface area contributed by atoms with Crippen LogP contribution >= 0.6 is 11.3 Å². The number of ether oxygens (including phenoxy) is 1. The fraction of sp³-hybridized carbons (Fsp3) is 0.231. The first kappa shape index (κ1) is 11.2. The molecule has 16 heavy (non-hydrogen) atoms. The van der Waals surface area contributed by atoms with Gasteiger partial charge in [0.1, 0.15) is 5.75 Å². The molecule has 0 bridgehead atoms. The summed E-state index contributed by atoms with van der Waals surface area (Å²) in [5.41, 5.74) is 6.76. The molecule has 2 aromatic rings. The van der Waals surface area contributed by atoms with Gasteiger partial charge in [0.25, 0.3) is 0 Å². The number of nitrogens with two attached hydrogens (primary N) is 1. The third-order valence-electron chi connectivity index (χ3n) is 2.32. The SMILES string of the molecule is CCOc1ccccc1-c1ccc(CN)s1. The third-order valence-corrected chi connectivity index (χ3v) is 3.46. The van der Waals surface area contributed by atoms with Gasteiger partial charge < -0.3 is 10.5 Å². The van der Waals surface area contributed by atoms with Gasteiger partial charge in [-0.15, -0.1) is 11.3 Å². The molecule has 0 aliphatic carbocycles. The highest BCUT2D eigenvalue weighted by Gasteiger charge is 2.07. The Labute approximate surface area is 99.7 Å². The average molecular weight is 233 g/mol. The van der Waals surface area contributed by atoms with Gasteiger partial charge in [0.05, 0.1) is 6.61 Å². The van der Waals surface area contributed by atoms with Crippen molar-refractivity contribution in [1.82, 2.24) is 0 Å². The van der Waals surface area contributed by atoms with Gasteiger partial charge in [-0.1, -0.05) is 12.1 Å². The second kappa shape index (κ2) is 5.14. The van der Waals surface area contributed by atoms with E-state index in [9.17, 15) is 0 Å². The number of hydrogen-bond donors (Lipinski definition) is 1. The molecule has 0 spiro atoms. The summed E-state index contributed by atoms with van der Waals surface area (Å²) in [6, 6.07) is 12.3. The van der Waals surface area contributed by atoms with Crippen LogP contribution in [-0.4, -0.2) is 6.61 Å². The van der Waals surface area contributed by atoms with Crippen molar-refractivity contribution in [3.63, 3.8) is 0 Å². The molecule has 0 saturated carbocycles. The molecule has 84 valence electrons. The van der Waals surface area contributed by atoms with Crippen molar-refractivity contribution in [2.75, 3.05) is 6.61 Å². The van der Waals surface area contributed by atoms with Crippen molar-refractivity contribution in [2.24, 2.45) is 5.73 Å². The van der Waals surface area contributed by atoms with Crippen LogP contribution < -0.4 is 10.5 Å². The van der Waals surface area contributed by atoms with Gasteiger partial charge in [0.2, 0.25) is 0 Å². The molecule has 3 heteroatoms. The molecule has 0 saturated heterocycles. The van der Waals surface area contributed by atoms with E-state index in [0.717, 1.165) is 11.3 Å². The number of thiophene rings is 1. The molecular weight excluding hydrogens is 218 g/mol. The first-order chi connectivity index (χ1) is 7.85. The predicted octanol–water partition coefficient (Wildman–Crippen LogP) is 3.27. The van der Waals surface area contributed by atoms with Crippen LogP contribution in [0.2, 0.25) is 0 Å². The number of hydrogen-bond acceptors (Lipinski definition) is 3. The molecule has 2 N–H and O–H groups in total. The zero-order valence-electron chi connectivity index (χ0n) is 9.27. The molecule has 0 atom stereocenters. The molecule has 2 rings (SSSR count). The van der Waals surface area contributed by atoms with Crippen LogP contribution in [0.25, 0.3) is 10.4 Å². The first-order valence-electron chi connectivity index (χ1n) is 5.36. The van der Waals surface area contributed by atoms with Gasteiger partial charge in [0, 0.05) is 21.9 Å². The summed E-state index contributed by atoms with van der Waals surface area (Å²) in [6.45, 7) is 3.28. The third kappa shape index (κ3) is 2.26. The lowest BCUT2D eigenvalue weighted by Crippen LogP contribution is -1.93. The smallest absolute Gasteiger partial charge is 0.127 e. The van der Waals surface area contributed by atoms with Crippen LogP contribution in [0.5, 0.6) is 5.75 Å². The van der Waals surface area contributed by atoms with Crippen molar-refractivity contribution < 1.29 is 4.74 Å². The first-order valence-corrected chi connectivity index (χ1v) is 6.17. The monoisotopic (exact) mass is 233 g/mol. The minimum absolute atomic E-state index is 0.599. The highest BCUT2D eigenvalue weighted by molar-refractivity contribution is 7.15. The molecule has 1 heterocycles. The van der Waals surface area contributed by atoms with Gasteiger partial charge in [0.15, 0.2) is 0 Å². The van der Waals surface area contributed by atoms with E-state index in [1.165, 1.54) is 9.75 Å². The zero-order valence-corrected chi connectivity index (χ0v) is 10.1. The lowest BCUT2D eigenvalue weighted by atomic mass is 10.1. The summed E-state index contributed by atoms with van der Waals surface area (Å²) in [5, 5.41) is 0. The van der Waals surface area contributed by atoms with Crippen molar-refractivity contribution in [1.29, 1.82) is 0 Å². The molecule has 1 aromatic carbocycles. The number of rotatable bonds is 4. The number of para-hydroxylation sites is 1. The Morgan fingerprint density at radius 2 is 2.00 bits per heavy atom. The Balaban J connectivity index is 2.38. The molecule has 0 aliphatic heterocycles. The molecule has 2 nitrogen and oxygen atoms in total. The van der Waals surface area contributed by atoms with Crippen LogP contribution in [0.4, 0.5) is 0 Å². The zero-order chi connectivity index (χ0) is 11.4. The van der Waals surface area contributed by atoms with Crippen molar-refractivity contribution >= 4 is 11.3 Å². The summed E-state index contributed by atoms with van der Waals surface area (Å²) in [7, 11) is 0. The minimum Gasteiger partial charge on any atom is -0.493 e. The van der Waals surface area contributed by atoms with E-state index < -0.39 is 0 Å². The van der Waals surface area contributed by atoms with E-state index >= 15 is 0 Å². The van der Waals surface area contributed by atoms with Crippen LogP contribution in [0.15, 0.2) is 36.4 Å². The van der Waals surface area contributed by atoms with E-state index in [1.807, 2.05) is 25.1 Å². The standard InChI is InChI=1S/C13H15NOS/c1-2-15-12-6-4-3-5-11(12)13-8-7-10(9-14)16-13/h3-8H,2,9,14H2,1H3. The van der Waals surface area contributed by atoms with Crippen molar-refractivity contribution in [3.8, 4) is 16.2 Å². The highest BCUT2D eigenvalue weighted by atomic mass is 32.1. The summed E-state index contributed by atoms with van der Waals surface area (Å²) in [6.07, 6.45) is 0. The second-order valence-corrected chi connectivity index (χ2v) is 4.57. The van der Waals surface area contributed by atoms with Gasteiger partial charge >= 0.3 is 0 Å². The molecule has 0 aliphatic rings. The van der Waals surface area contributed by atoms with E-state index in [4.69, 9.17) is 10.5 Å². The number of benzene rings is 1. The maximum Gasteiger partial charge on any atom is 0.127 e. The van der Waals surface area contributed by atoms with E-state index in [1.54, 1.807) is 11.3 Å². The summed E-state index contributed by atoms with van der Waals surface area (Å²) < 4.78 is 5.61. The summed E-state index contributed by atoms with van der Waals surface area (Å²) in [4.78, 5) is 2.41.